The van der Waals surface area contributed by atoms with Crippen molar-refractivity contribution in [2.45, 2.75) is 52.0 Å². The molecule has 0 spiro atoms. The van der Waals surface area contributed by atoms with Gasteiger partial charge in [0.2, 0.25) is 11.8 Å². The number of hydrogen-bond donors (Lipinski definition) is 2. The molecule has 0 saturated heterocycles. The second-order valence-electron chi connectivity index (χ2n) is 6.36. The normalized spacial score (nSPS) is 22.2. The van der Waals surface area contributed by atoms with Crippen molar-refractivity contribution >= 4 is 33.4 Å². The molecule has 1 unspecified atom stereocenters. The van der Waals surface area contributed by atoms with E-state index in [0.29, 0.717) is 0 Å². The summed E-state index contributed by atoms with van der Waals surface area (Å²) in [5.74, 6) is 0.270. The smallest absolute Gasteiger partial charge is 0.227 e. The monoisotopic (exact) mass is 380 g/mol. The molecule has 1 aromatic carbocycles. The predicted molar refractivity (Wildman–Crippen MR) is 96.1 cm³/mol. The maximum Gasteiger partial charge on any atom is 0.227 e. The van der Waals surface area contributed by atoms with E-state index >= 15 is 0 Å². The lowest BCUT2D eigenvalue weighted by atomic mass is 9.81. The van der Waals surface area contributed by atoms with Gasteiger partial charge in [0.15, 0.2) is 0 Å². The number of nitrogens with one attached hydrogen (secondary N) is 2. The van der Waals surface area contributed by atoms with Crippen molar-refractivity contribution in [3.63, 3.8) is 0 Å². The van der Waals surface area contributed by atoms with Gasteiger partial charge in [0, 0.05) is 28.0 Å². The van der Waals surface area contributed by atoms with Gasteiger partial charge in [-0.05, 0) is 63.3 Å². The number of anilines is 1. The van der Waals surface area contributed by atoms with Gasteiger partial charge in [-0.3, -0.25) is 9.59 Å². The minimum atomic E-state index is 0.00583. The topological polar surface area (TPSA) is 58.2 Å². The molecule has 0 heterocycles. The molecule has 2 N–H and O–H groups in total. The zero-order valence-electron chi connectivity index (χ0n) is 13.8. The molecule has 1 saturated carbocycles. The maximum atomic E-state index is 12.3. The van der Waals surface area contributed by atoms with E-state index in [1.54, 1.807) is 0 Å². The first-order valence-electron chi connectivity index (χ1n) is 8.36. The first-order chi connectivity index (χ1) is 11.0. The molecular formula is C18H25BrN2O2. The van der Waals surface area contributed by atoms with E-state index < -0.39 is 0 Å². The lowest BCUT2D eigenvalue weighted by Crippen LogP contribution is -2.39. The highest BCUT2D eigenvalue weighted by atomic mass is 79.9. The van der Waals surface area contributed by atoms with E-state index in [9.17, 15) is 9.59 Å². The Bertz CT molecular complexity index is 536. The summed E-state index contributed by atoms with van der Waals surface area (Å²) in [7, 11) is 0. The van der Waals surface area contributed by atoms with Crippen LogP contribution in [0.1, 0.15) is 46.0 Å². The molecule has 126 valence electrons. The quantitative estimate of drug-likeness (QED) is 0.807. The van der Waals surface area contributed by atoms with Crippen LogP contribution in [-0.2, 0) is 9.59 Å². The molecule has 0 aromatic heterocycles. The van der Waals surface area contributed by atoms with Gasteiger partial charge in [0.25, 0.3) is 0 Å². The molecule has 1 aliphatic carbocycles. The van der Waals surface area contributed by atoms with Crippen molar-refractivity contribution in [3.8, 4) is 0 Å². The molecule has 5 heteroatoms. The molecule has 23 heavy (non-hydrogen) atoms. The fourth-order valence-electron chi connectivity index (χ4n) is 2.86. The van der Waals surface area contributed by atoms with Crippen LogP contribution in [0.5, 0.6) is 0 Å². The standard InChI is InChI=1S/C18H25BrN2O2/c1-3-12(2)20-17(22)13-4-6-14(7-5-13)18(23)21-16-10-8-15(19)9-11-16/h8-14H,3-7H2,1-2H3,(H,20,22)(H,21,23). The minimum absolute atomic E-state index is 0.00583. The second-order valence-corrected chi connectivity index (χ2v) is 7.28. The van der Waals surface area contributed by atoms with Gasteiger partial charge in [0.1, 0.15) is 0 Å². The average molecular weight is 381 g/mol. The van der Waals surface area contributed by atoms with Crippen molar-refractivity contribution in [1.29, 1.82) is 0 Å². The highest BCUT2D eigenvalue weighted by Gasteiger charge is 2.30. The summed E-state index contributed by atoms with van der Waals surface area (Å²) in [5.41, 5.74) is 0.815. The van der Waals surface area contributed by atoms with Crippen LogP contribution in [0.15, 0.2) is 28.7 Å². The number of carbonyl (C=O) groups excluding carboxylic acids is 2. The van der Waals surface area contributed by atoms with Crippen LogP contribution in [0.2, 0.25) is 0 Å². The fourth-order valence-corrected chi connectivity index (χ4v) is 3.12. The Kier molecular flexibility index (Phi) is 6.63. The Labute approximate surface area is 146 Å². The van der Waals surface area contributed by atoms with Crippen LogP contribution in [0.4, 0.5) is 5.69 Å². The molecular weight excluding hydrogens is 356 g/mol. The fraction of sp³-hybridized carbons (Fsp3) is 0.556. The van der Waals surface area contributed by atoms with Crippen LogP contribution in [0, 0.1) is 11.8 Å². The first-order valence-corrected chi connectivity index (χ1v) is 9.15. The van der Waals surface area contributed by atoms with Gasteiger partial charge in [-0.2, -0.15) is 0 Å². The second kappa shape index (κ2) is 8.48. The number of halogens is 1. The van der Waals surface area contributed by atoms with E-state index in [1.165, 1.54) is 0 Å². The Morgan fingerprint density at radius 1 is 1.09 bits per heavy atom. The van der Waals surface area contributed by atoms with Gasteiger partial charge in [-0.1, -0.05) is 22.9 Å². The zero-order chi connectivity index (χ0) is 16.8. The highest BCUT2D eigenvalue weighted by Crippen LogP contribution is 2.30. The highest BCUT2D eigenvalue weighted by molar-refractivity contribution is 9.10. The molecule has 0 aliphatic heterocycles. The molecule has 2 amide bonds. The van der Waals surface area contributed by atoms with E-state index in [4.69, 9.17) is 0 Å². The van der Waals surface area contributed by atoms with E-state index in [1.807, 2.05) is 31.2 Å². The molecule has 1 atom stereocenters. The molecule has 1 aromatic rings. The van der Waals surface area contributed by atoms with Gasteiger partial charge in [-0.15, -0.1) is 0 Å². The van der Waals surface area contributed by atoms with E-state index in [2.05, 4.69) is 33.5 Å². The van der Waals surface area contributed by atoms with Crippen LogP contribution < -0.4 is 10.6 Å². The minimum Gasteiger partial charge on any atom is -0.353 e. The van der Waals surface area contributed by atoms with Crippen molar-refractivity contribution < 1.29 is 9.59 Å². The average Bonchev–Trinajstić information content (AvgIpc) is 2.56. The third-order valence-electron chi connectivity index (χ3n) is 4.58. The Balaban J connectivity index is 1.80. The van der Waals surface area contributed by atoms with Crippen molar-refractivity contribution in [1.82, 2.24) is 5.32 Å². The Morgan fingerprint density at radius 2 is 1.61 bits per heavy atom. The van der Waals surface area contributed by atoms with Gasteiger partial charge < -0.3 is 10.6 Å². The van der Waals surface area contributed by atoms with E-state index in [0.717, 1.165) is 42.3 Å². The number of hydrogen-bond acceptors (Lipinski definition) is 2. The SMILES string of the molecule is CCC(C)NC(=O)C1CCC(C(=O)Nc2ccc(Br)cc2)CC1. The lowest BCUT2D eigenvalue weighted by molar-refractivity contribution is -0.129. The first kappa shape index (κ1) is 18.0. The van der Waals surface area contributed by atoms with Crippen molar-refractivity contribution in [3.05, 3.63) is 28.7 Å². The predicted octanol–water partition coefficient (Wildman–Crippen LogP) is 4.11. The van der Waals surface area contributed by atoms with Crippen molar-refractivity contribution in [2.75, 3.05) is 5.32 Å². The maximum absolute atomic E-state index is 12.3. The Morgan fingerprint density at radius 3 is 2.13 bits per heavy atom. The summed E-state index contributed by atoms with van der Waals surface area (Å²) in [6, 6.07) is 7.80. The third-order valence-corrected chi connectivity index (χ3v) is 5.11. The van der Waals surface area contributed by atoms with Crippen LogP contribution in [0.25, 0.3) is 0 Å². The van der Waals surface area contributed by atoms with Gasteiger partial charge in [-0.25, -0.2) is 0 Å². The van der Waals surface area contributed by atoms with Crippen molar-refractivity contribution in [2.24, 2.45) is 11.8 Å². The number of carbonyl (C=O) groups is 2. The van der Waals surface area contributed by atoms with Gasteiger partial charge >= 0.3 is 0 Å². The molecule has 0 radical (unpaired) electrons. The summed E-state index contributed by atoms with van der Waals surface area (Å²) >= 11 is 3.38. The van der Waals surface area contributed by atoms with Crippen LogP contribution >= 0.6 is 15.9 Å². The Hall–Kier alpha value is -1.36. The summed E-state index contributed by atoms with van der Waals surface area (Å²) in [6.45, 7) is 4.09. The number of benzene rings is 1. The molecule has 1 fully saturated rings. The summed E-state index contributed by atoms with van der Waals surface area (Å²) in [4.78, 5) is 24.5. The summed E-state index contributed by atoms with van der Waals surface area (Å²) in [6.07, 6.45) is 4.08. The largest absolute Gasteiger partial charge is 0.353 e. The lowest BCUT2D eigenvalue weighted by Gasteiger charge is -2.28. The molecule has 2 rings (SSSR count). The summed E-state index contributed by atoms with van der Waals surface area (Å²) in [5, 5.41) is 6.01. The zero-order valence-corrected chi connectivity index (χ0v) is 15.4. The van der Waals surface area contributed by atoms with Crippen LogP contribution in [0.3, 0.4) is 0 Å². The third kappa shape index (κ3) is 5.34. The molecule has 0 bridgehead atoms. The number of amides is 2. The van der Waals surface area contributed by atoms with Gasteiger partial charge in [0.05, 0.1) is 0 Å². The van der Waals surface area contributed by atoms with E-state index in [-0.39, 0.29) is 29.7 Å². The molecule has 1 aliphatic rings. The summed E-state index contributed by atoms with van der Waals surface area (Å²) < 4.78 is 0.989. The van der Waals surface area contributed by atoms with Crippen LogP contribution in [-0.4, -0.2) is 17.9 Å². The molecule has 4 nitrogen and oxygen atoms in total. The number of rotatable bonds is 5.